The number of hydrogen-bond acceptors (Lipinski definition) is 3. The van der Waals surface area contributed by atoms with Gasteiger partial charge in [-0.1, -0.05) is 44.9 Å². The van der Waals surface area contributed by atoms with Gasteiger partial charge in [0, 0.05) is 6.42 Å². The van der Waals surface area contributed by atoms with E-state index in [1.165, 1.54) is 51.7 Å². The minimum Gasteiger partial charge on any atom is -0.469 e. The summed E-state index contributed by atoms with van der Waals surface area (Å²) in [7, 11) is -1.33. The molecule has 0 saturated heterocycles. The highest BCUT2D eigenvalue weighted by Crippen LogP contribution is 2.21. The Morgan fingerprint density at radius 3 is 1.68 bits per heavy atom. The number of ether oxygens (including phenoxy) is 1. The molecular weight excluding hydrogens is 308 g/mol. The zero-order valence-electron chi connectivity index (χ0n) is 15.8. The molecule has 3 nitrogen and oxygen atoms in total. The van der Waals surface area contributed by atoms with Crippen LogP contribution in [0.2, 0.25) is 38.8 Å². The Bertz CT molecular complexity index is 299. The predicted octanol–water partition coefficient (Wildman–Crippen LogP) is 5.73. The number of methoxy groups -OCH3 is 1. The summed E-state index contributed by atoms with van der Waals surface area (Å²) in [6.07, 6.45) is 10.6. The fourth-order valence-corrected chi connectivity index (χ4v) is 11.0. The molecule has 132 valence electrons. The van der Waals surface area contributed by atoms with Crippen LogP contribution in [-0.2, 0) is 13.6 Å². The second-order valence-electron chi connectivity index (χ2n) is 7.88. The molecule has 0 atom stereocenters. The smallest absolute Gasteiger partial charge is 0.305 e. The van der Waals surface area contributed by atoms with Gasteiger partial charge in [0.2, 0.25) is 0 Å². The summed E-state index contributed by atoms with van der Waals surface area (Å²) >= 11 is 0. The lowest BCUT2D eigenvalue weighted by Crippen LogP contribution is -2.42. The van der Waals surface area contributed by atoms with Gasteiger partial charge in [-0.05, 0) is 45.2 Å². The standard InChI is InChI=1S/C17H38O3Si2/c1-19-17(18)15-13-11-9-7-8-10-12-14-16-22(5,6)20-21(2,3)4/h7-16H2,1-6H3. The third-order valence-corrected chi connectivity index (χ3v) is 9.94. The van der Waals surface area contributed by atoms with E-state index < -0.39 is 16.6 Å². The van der Waals surface area contributed by atoms with Crippen molar-refractivity contribution in [1.82, 2.24) is 0 Å². The average Bonchev–Trinajstić information content (AvgIpc) is 2.37. The molecule has 0 aliphatic carbocycles. The number of rotatable bonds is 13. The van der Waals surface area contributed by atoms with Crippen molar-refractivity contribution >= 4 is 22.6 Å². The first-order valence-corrected chi connectivity index (χ1v) is 15.5. The Balaban J connectivity index is 3.42. The quantitative estimate of drug-likeness (QED) is 0.243. The van der Waals surface area contributed by atoms with E-state index >= 15 is 0 Å². The molecule has 0 aliphatic rings. The molecule has 0 aromatic rings. The minimum absolute atomic E-state index is 0.0766. The van der Waals surface area contributed by atoms with Gasteiger partial charge in [0.25, 0.3) is 0 Å². The second-order valence-corrected chi connectivity index (χ2v) is 16.9. The second kappa shape index (κ2) is 11.4. The van der Waals surface area contributed by atoms with Gasteiger partial charge in [-0.3, -0.25) is 4.79 Å². The highest BCUT2D eigenvalue weighted by molar-refractivity contribution is 6.84. The fourth-order valence-electron chi connectivity index (χ4n) is 2.86. The highest BCUT2D eigenvalue weighted by Gasteiger charge is 2.28. The van der Waals surface area contributed by atoms with Crippen molar-refractivity contribution in [3.8, 4) is 0 Å². The lowest BCUT2D eigenvalue weighted by atomic mass is 10.1. The lowest BCUT2D eigenvalue weighted by molar-refractivity contribution is -0.140. The van der Waals surface area contributed by atoms with E-state index in [0.29, 0.717) is 6.42 Å². The van der Waals surface area contributed by atoms with Crippen molar-refractivity contribution in [3.63, 3.8) is 0 Å². The molecule has 0 heterocycles. The van der Waals surface area contributed by atoms with Crippen LogP contribution >= 0.6 is 0 Å². The summed E-state index contributed by atoms with van der Waals surface area (Å²) < 4.78 is 11.0. The van der Waals surface area contributed by atoms with Crippen LogP contribution in [0.1, 0.15) is 57.8 Å². The van der Waals surface area contributed by atoms with Crippen molar-refractivity contribution in [2.75, 3.05) is 7.11 Å². The Labute approximate surface area is 140 Å². The molecule has 0 saturated carbocycles. The summed E-state index contributed by atoms with van der Waals surface area (Å²) in [6.45, 7) is 11.6. The van der Waals surface area contributed by atoms with Crippen molar-refractivity contribution in [1.29, 1.82) is 0 Å². The Morgan fingerprint density at radius 2 is 1.23 bits per heavy atom. The average molecular weight is 347 g/mol. The largest absolute Gasteiger partial charge is 0.469 e. The van der Waals surface area contributed by atoms with Crippen LogP contribution in [0.3, 0.4) is 0 Å². The van der Waals surface area contributed by atoms with Crippen LogP contribution in [0.4, 0.5) is 0 Å². The molecule has 0 rings (SSSR count). The van der Waals surface area contributed by atoms with Crippen LogP contribution in [0.25, 0.3) is 0 Å². The summed E-state index contributed by atoms with van der Waals surface area (Å²) in [5.41, 5.74) is 0. The molecule has 0 aromatic carbocycles. The maximum atomic E-state index is 11.0. The zero-order chi connectivity index (χ0) is 17.1. The molecule has 0 unspecified atom stereocenters. The molecule has 0 radical (unpaired) electrons. The van der Waals surface area contributed by atoms with Gasteiger partial charge in [0.05, 0.1) is 7.11 Å². The van der Waals surface area contributed by atoms with Crippen LogP contribution in [0.15, 0.2) is 0 Å². The third-order valence-electron chi connectivity index (χ3n) is 3.72. The predicted molar refractivity (Wildman–Crippen MR) is 100 cm³/mol. The maximum absolute atomic E-state index is 11.0. The molecule has 22 heavy (non-hydrogen) atoms. The van der Waals surface area contributed by atoms with E-state index in [4.69, 9.17) is 4.12 Å². The van der Waals surface area contributed by atoms with E-state index in [2.05, 4.69) is 37.5 Å². The number of hydrogen-bond donors (Lipinski definition) is 0. The summed E-state index contributed by atoms with van der Waals surface area (Å²) in [5, 5.41) is 0. The first-order valence-electron chi connectivity index (χ1n) is 8.93. The number of esters is 1. The van der Waals surface area contributed by atoms with E-state index in [1.54, 1.807) is 0 Å². The van der Waals surface area contributed by atoms with Gasteiger partial charge in [0.1, 0.15) is 0 Å². The number of carbonyl (C=O) groups excluding carboxylic acids is 1. The molecule has 0 fully saturated rings. The summed E-state index contributed by atoms with van der Waals surface area (Å²) in [4.78, 5) is 11.0. The Kier molecular flexibility index (Phi) is 11.3. The molecule has 0 amide bonds. The van der Waals surface area contributed by atoms with Crippen molar-refractivity contribution in [2.45, 2.75) is 96.6 Å². The highest BCUT2D eigenvalue weighted by atomic mass is 28.4. The molecule has 5 heteroatoms. The fraction of sp³-hybridized carbons (Fsp3) is 0.941. The number of carbonyl (C=O) groups is 1. The van der Waals surface area contributed by atoms with Crippen LogP contribution in [0, 0.1) is 0 Å². The molecule has 0 spiro atoms. The van der Waals surface area contributed by atoms with Gasteiger partial charge in [-0.2, -0.15) is 0 Å². The van der Waals surface area contributed by atoms with Crippen LogP contribution in [-0.4, -0.2) is 29.7 Å². The third kappa shape index (κ3) is 14.8. The van der Waals surface area contributed by atoms with Crippen molar-refractivity contribution in [2.24, 2.45) is 0 Å². The van der Waals surface area contributed by atoms with E-state index in [9.17, 15) is 4.79 Å². The van der Waals surface area contributed by atoms with E-state index in [1.807, 2.05) is 0 Å². The molecule has 0 N–H and O–H groups in total. The van der Waals surface area contributed by atoms with Crippen molar-refractivity contribution < 1.29 is 13.6 Å². The molecular formula is C17H38O3Si2. The van der Waals surface area contributed by atoms with E-state index in [0.717, 1.165) is 12.8 Å². The van der Waals surface area contributed by atoms with Gasteiger partial charge in [0.15, 0.2) is 16.6 Å². The minimum atomic E-state index is -1.42. The van der Waals surface area contributed by atoms with Crippen molar-refractivity contribution in [3.05, 3.63) is 0 Å². The Hall–Kier alpha value is -0.136. The van der Waals surface area contributed by atoms with Crippen LogP contribution in [0.5, 0.6) is 0 Å². The monoisotopic (exact) mass is 346 g/mol. The van der Waals surface area contributed by atoms with E-state index in [-0.39, 0.29) is 5.97 Å². The van der Waals surface area contributed by atoms with Crippen LogP contribution < -0.4 is 0 Å². The number of unbranched alkanes of at least 4 members (excludes halogenated alkanes) is 7. The Morgan fingerprint density at radius 1 is 0.773 bits per heavy atom. The zero-order valence-corrected chi connectivity index (χ0v) is 17.8. The SMILES string of the molecule is COC(=O)CCCCCCCCCC[Si](C)(C)O[Si](C)(C)C. The first kappa shape index (κ1) is 21.9. The van der Waals surface area contributed by atoms with Gasteiger partial charge < -0.3 is 8.85 Å². The topological polar surface area (TPSA) is 35.5 Å². The van der Waals surface area contributed by atoms with Gasteiger partial charge in [-0.25, -0.2) is 0 Å². The summed E-state index contributed by atoms with van der Waals surface area (Å²) in [5.74, 6) is -0.0766. The van der Waals surface area contributed by atoms with Gasteiger partial charge in [-0.15, -0.1) is 0 Å². The molecule has 0 aliphatic heterocycles. The summed E-state index contributed by atoms with van der Waals surface area (Å²) in [6, 6.07) is 1.30. The maximum Gasteiger partial charge on any atom is 0.305 e. The lowest BCUT2D eigenvalue weighted by Gasteiger charge is -2.31. The first-order chi connectivity index (χ1) is 10.2. The van der Waals surface area contributed by atoms with Gasteiger partial charge >= 0.3 is 5.97 Å². The normalized spacial score (nSPS) is 12.5. The molecule has 0 aromatic heterocycles. The molecule has 0 bridgehead atoms.